The van der Waals surface area contributed by atoms with Gasteiger partial charge in [0.15, 0.2) is 0 Å². The van der Waals surface area contributed by atoms with Gasteiger partial charge in [0.05, 0.1) is 24.4 Å². The Morgan fingerprint density at radius 2 is 2.04 bits per heavy atom. The van der Waals surface area contributed by atoms with E-state index in [0.717, 1.165) is 11.0 Å². The van der Waals surface area contributed by atoms with Crippen LogP contribution >= 0.6 is 0 Å². The van der Waals surface area contributed by atoms with Crippen LogP contribution in [0.4, 0.5) is 5.69 Å². The number of aliphatic hydroxyl groups excluding tert-OH is 1. The first-order valence-electron chi connectivity index (χ1n) is 8.48. The number of carbonyl (C=O) groups is 3. The van der Waals surface area contributed by atoms with E-state index >= 15 is 0 Å². The minimum Gasteiger partial charge on any atom is -0.395 e. The lowest BCUT2D eigenvalue weighted by Gasteiger charge is -2.15. The Kier molecular flexibility index (Phi) is 7.31. The number of anilines is 1. The van der Waals surface area contributed by atoms with Gasteiger partial charge in [-0.05, 0) is 25.5 Å². The number of hydrogen-bond donors (Lipinski definition) is 3. The maximum Gasteiger partial charge on any atom is 0.277 e. The second kappa shape index (κ2) is 9.69. The number of amides is 3. The Balaban J connectivity index is 2.03. The van der Waals surface area contributed by atoms with Gasteiger partial charge in [-0.2, -0.15) is 0 Å². The third-order valence-corrected chi connectivity index (χ3v) is 3.73. The Hall–Kier alpha value is -2.71. The molecule has 0 saturated carbocycles. The Morgan fingerprint density at radius 3 is 2.77 bits per heavy atom. The molecule has 0 spiro atoms. The summed E-state index contributed by atoms with van der Waals surface area (Å²) in [4.78, 5) is 37.3. The first-order chi connectivity index (χ1) is 12.6. The van der Waals surface area contributed by atoms with Gasteiger partial charge in [0.25, 0.3) is 17.7 Å². The SMILES string of the molecule is CCOCCCNC(=O)c1ccccc1NC1=CC(=O)N(CCO)C1=O. The molecule has 1 aliphatic heterocycles. The Bertz CT molecular complexity index is 702. The van der Waals surface area contributed by atoms with Crippen molar-refractivity contribution in [1.29, 1.82) is 0 Å². The van der Waals surface area contributed by atoms with E-state index in [1.807, 2.05) is 6.92 Å². The van der Waals surface area contributed by atoms with Gasteiger partial charge in [-0.25, -0.2) is 0 Å². The lowest BCUT2D eigenvalue weighted by Crippen LogP contribution is -2.34. The molecule has 140 valence electrons. The molecule has 0 saturated heterocycles. The van der Waals surface area contributed by atoms with Crippen LogP contribution < -0.4 is 10.6 Å². The molecule has 0 fully saturated rings. The van der Waals surface area contributed by atoms with Crippen LogP contribution in [0.5, 0.6) is 0 Å². The van der Waals surface area contributed by atoms with Gasteiger partial charge in [0.1, 0.15) is 5.70 Å². The van der Waals surface area contributed by atoms with Gasteiger partial charge in [-0.1, -0.05) is 12.1 Å². The van der Waals surface area contributed by atoms with E-state index in [4.69, 9.17) is 9.84 Å². The molecule has 8 nitrogen and oxygen atoms in total. The minimum absolute atomic E-state index is 0.0681. The third kappa shape index (κ3) is 4.90. The summed E-state index contributed by atoms with van der Waals surface area (Å²) >= 11 is 0. The summed E-state index contributed by atoms with van der Waals surface area (Å²) < 4.78 is 5.22. The van der Waals surface area contributed by atoms with Crippen molar-refractivity contribution >= 4 is 23.4 Å². The average Bonchev–Trinajstić information content (AvgIpc) is 2.89. The molecule has 0 aromatic heterocycles. The summed E-state index contributed by atoms with van der Waals surface area (Å²) in [7, 11) is 0. The van der Waals surface area contributed by atoms with Crippen LogP contribution in [0.15, 0.2) is 36.0 Å². The normalized spacial score (nSPS) is 13.8. The molecule has 3 N–H and O–H groups in total. The number of benzene rings is 1. The molecule has 0 unspecified atom stereocenters. The van der Waals surface area contributed by atoms with Gasteiger partial charge < -0.3 is 20.5 Å². The highest BCUT2D eigenvalue weighted by molar-refractivity contribution is 6.17. The van der Waals surface area contributed by atoms with E-state index in [9.17, 15) is 14.4 Å². The van der Waals surface area contributed by atoms with Crippen LogP contribution in [-0.4, -0.2) is 60.6 Å². The van der Waals surface area contributed by atoms with Gasteiger partial charge in [-0.3, -0.25) is 19.3 Å². The number of nitrogens with one attached hydrogen (secondary N) is 2. The summed E-state index contributed by atoms with van der Waals surface area (Å²) in [5.74, 6) is -1.31. The van der Waals surface area contributed by atoms with Gasteiger partial charge >= 0.3 is 0 Å². The zero-order chi connectivity index (χ0) is 18.9. The molecule has 1 heterocycles. The molecule has 2 rings (SSSR count). The number of aliphatic hydroxyl groups is 1. The molecule has 0 atom stereocenters. The maximum absolute atomic E-state index is 12.4. The topological polar surface area (TPSA) is 108 Å². The highest BCUT2D eigenvalue weighted by atomic mass is 16.5. The summed E-state index contributed by atoms with van der Waals surface area (Å²) in [6.07, 6.45) is 1.86. The van der Waals surface area contributed by atoms with Crippen molar-refractivity contribution in [2.24, 2.45) is 0 Å². The molecule has 1 aromatic rings. The smallest absolute Gasteiger partial charge is 0.277 e. The van der Waals surface area contributed by atoms with Crippen molar-refractivity contribution in [2.45, 2.75) is 13.3 Å². The molecular formula is C18H23N3O5. The van der Waals surface area contributed by atoms with Crippen molar-refractivity contribution in [1.82, 2.24) is 10.2 Å². The summed E-state index contributed by atoms with van der Waals surface area (Å²) in [5, 5.41) is 14.6. The highest BCUT2D eigenvalue weighted by Crippen LogP contribution is 2.20. The van der Waals surface area contributed by atoms with E-state index in [0.29, 0.717) is 37.4 Å². The largest absolute Gasteiger partial charge is 0.395 e. The highest BCUT2D eigenvalue weighted by Gasteiger charge is 2.31. The van der Waals surface area contributed by atoms with Crippen LogP contribution in [0.1, 0.15) is 23.7 Å². The van der Waals surface area contributed by atoms with E-state index in [1.54, 1.807) is 24.3 Å². The summed E-state index contributed by atoms with van der Waals surface area (Å²) in [6, 6.07) is 6.73. The first kappa shape index (κ1) is 19.6. The number of nitrogens with zero attached hydrogens (tertiary/aromatic N) is 1. The Labute approximate surface area is 151 Å². The summed E-state index contributed by atoms with van der Waals surface area (Å²) in [5.41, 5.74) is 0.860. The zero-order valence-corrected chi connectivity index (χ0v) is 14.7. The fourth-order valence-electron chi connectivity index (χ4n) is 2.46. The van der Waals surface area contributed by atoms with E-state index in [2.05, 4.69) is 10.6 Å². The lowest BCUT2D eigenvalue weighted by atomic mass is 10.1. The van der Waals surface area contributed by atoms with E-state index < -0.39 is 11.8 Å². The zero-order valence-electron chi connectivity index (χ0n) is 14.7. The number of rotatable bonds is 10. The van der Waals surface area contributed by atoms with E-state index in [-0.39, 0.29) is 24.8 Å². The fraction of sp³-hybridized carbons (Fsp3) is 0.389. The molecule has 1 aromatic carbocycles. The van der Waals surface area contributed by atoms with Crippen LogP contribution in [-0.2, 0) is 14.3 Å². The second-order valence-electron chi connectivity index (χ2n) is 5.55. The van der Waals surface area contributed by atoms with Crippen LogP contribution in [0.25, 0.3) is 0 Å². The quantitative estimate of drug-likeness (QED) is 0.414. The lowest BCUT2D eigenvalue weighted by molar-refractivity contribution is -0.137. The van der Waals surface area contributed by atoms with Gasteiger partial charge in [-0.15, -0.1) is 0 Å². The van der Waals surface area contributed by atoms with Crippen molar-refractivity contribution in [3.05, 3.63) is 41.6 Å². The number of para-hydroxylation sites is 1. The van der Waals surface area contributed by atoms with Crippen molar-refractivity contribution in [3.8, 4) is 0 Å². The predicted octanol–water partition coefficient (Wildman–Crippen LogP) is 0.500. The molecule has 3 amide bonds. The summed E-state index contributed by atoms with van der Waals surface area (Å²) in [6.45, 7) is 3.21. The number of carbonyl (C=O) groups excluding carboxylic acids is 3. The molecule has 8 heteroatoms. The monoisotopic (exact) mass is 361 g/mol. The maximum atomic E-state index is 12.4. The molecular weight excluding hydrogens is 338 g/mol. The van der Waals surface area contributed by atoms with Gasteiger partial charge in [0.2, 0.25) is 0 Å². The van der Waals surface area contributed by atoms with E-state index in [1.165, 1.54) is 0 Å². The fourth-order valence-corrected chi connectivity index (χ4v) is 2.46. The number of imide groups is 1. The standard InChI is InChI=1S/C18H23N3O5/c1-2-26-11-5-8-19-17(24)13-6-3-4-7-14(13)20-15-12-16(23)21(9-10-22)18(15)25/h3-4,6-7,12,20,22H,2,5,8-11H2,1H3,(H,19,24). The second-order valence-corrected chi connectivity index (χ2v) is 5.55. The number of hydrogen-bond acceptors (Lipinski definition) is 6. The first-order valence-corrected chi connectivity index (χ1v) is 8.48. The molecule has 1 aliphatic rings. The molecule has 26 heavy (non-hydrogen) atoms. The minimum atomic E-state index is -0.532. The van der Waals surface area contributed by atoms with Crippen LogP contribution in [0, 0.1) is 0 Å². The molecule has 0 radical (unpaired) electrons. The predicted molar refractivity (Wildman–Crippen MR) is 95.4 cm³/mol. The van der Waals surface area contributed by atoms with Crippen molar-refractivity contribution in [3.63, 3.8) is 0 Å². The number of β-amino-alcohol motifs (C(OH)–C–C–N with tert-alkyl or cyclic N) is 1. The van der Waals surface area contributed by atoms with Crippen molar-refractivity contribution in [2.75, 3.05) is 38.2 Å². The van der Waals surface area contributed by atoms with Crippen molar-refractivity contribution < 1.29 is 24.2 Å². The van der Waals surface area contributed by atoms with Crippen LogP contribution in [0.2, 0.25) is 0 Å². The number of ether oxygens (including phenoxy) is 1. The molecule has 0 bridgehead atoms. The molecule has 0 aliphatic carbocycles. The third-order valence-electron chi connectivity index (χ3n) is 3.73. The average molecular weight is 361 g/mol. The Morgan fingerprint density at radius 1 is 1.27 bits per heavy atom. The van der Waals surface area contributed by atoms with Gasteiger partial charge in [0, 0.05) is 25.8 Å². The van der Waals surface area contributed by atoms with Crippen LogP contribution in [0.3, 0.4) is 0 Å².